The van der Waals surface area contributed by atoms with Crippen LogP contribution in [0.2, 0.25) is 0 Å². The summed E-state index contributed by atoms with van der Waals surface area (Å²) in [5.41, 5.74) is 1.44. The molecule has 1 aliphatic rings. The van der Waals surface area contributed by atoms with Gasteiger partial charge in [-0.05, 0) is 12.8 Å². The van der Waals surface area contributed by atoms with E-state index in [9.17, 15) is 4.79 Å². The summed E-state index contributed by atoms with van der Waals surface area (Å²) in [4.78, 5) is 19.2. The van der Waals surface area contributed by atoms with Gasteiger partial charge in [0.15, 0.2) is 0 Å². The molecule has 0 bridgehead atoms. The molecule has 0 amide bonds. The van der Waals surface area contributed by atoms with Crippen LogP contribution in [-0.2, 0) is 9.47 Å². The number of rotatable bonds is 2. The van der Waals surface area contributed by atoms with Crippen LogP contribution >= 0.6 is 0 Å². The lowest BCUT2D eigenvalue weighted by atomic mass is 10.0. The second-order valence-electron chi connectivity index (χ2n) is 4.54. The Morgan fingerprint density at radius 2 is 2.18 bits per heavy atom. The van der Waals surface area contributed by atoms with E-state index in [0.717, 1.165) is 11.3 Å². The number of aryl methyl sites for hydroxylation is 1. The first-order valence-electron chi connectivity index (χ1n) is 5.89. The van der Waals surface area contributed by atoms with Gasteiger partial charge in [-0.25, -0.2) is 4.98 Å². The molecule has 1 aromatic rings. The molecule has 1 unspecified atom stereocenters. The van der Waals surface area contributed by atoms with Crippen LogP contribution in [0.4, 0.5) is 0 Å². The summed E-state index contributed by atoms with van der Waals surface area (Å²) < 4.78 is 10.8. The molecule has 2 rings (SSSR count). The minimum Gasteiger partial charge on any atom is -0.376 e. The maximum atomic E-state index is 12.0. The highest BCUT2D eigenvalue weighted by Gasteiger charge is 2.21. The van der Waals surface area contributed by atoms with Gasteiger partial charge in [0.05, 0.1) is 19.8 Å². The summed E-state index contributed by atoms with van der Waals surface area (Å²) >= 11 is 0. The average molecular weight is 238 g/mol. The highest BCUT2D eigenvalue weighted by atomic mass is 16.6. The molecule has 1 saturated heterocycles. The van der Waals surface area contributed by atoms with Crippen LogP contribution in [0.3, 0.4) is 0 Å². The van der Waals surface area contributed by atoms with Crippen molar-refractivity contribution in [2.75, 3.05) is 19.8 Å². The van der Waals surface area contributed by atoms with Crippen molar-refractivity contribution < 1.29 is 9.47 Å². The summed E-state index contributed by atoms with van der Waals surface area (Å²) in [6.07, 6.45) is -0.253. The predicted molar refractivity (Wildman–Crippen MR) is 63.2 cm³/mol. The Morgan fingerprint density at radius 1 is 1.41 bits per heavy atom. The van der Waals surface area contributed by atoms with E-state index >= 15 is 0 Å². The number of aromatic amines is 1. The zero-order valence-electron chi connectivity index (χ0n) is 10.4. The highest BCUT2D eigenvalue weighted by molar-refractivity contribution is 5.20. The fourth-order valence-electron chi connectivity index (χ4n) is 2.09. The standard InChI is InChI=1S/C12H18N2O3/c1-7(2)10-8(3)13-11(14-12(10)15)9-6-16-4-5-17-9/h7,9H,4-6H2,1-3H3,(H,13,14,15). The summed E-state index contributed by atoms with van der Waals surface area (Å²) in [5.74, 6) is 0.737. The molecular formula is C12H18N2O3. The lowest BCUT2D eigenvalue weighted by Gasteiger charge is -2.22. The molecule has 0 saturated carbocycles. The molecule has 5 nitrogen and oxygen atoms in total. The van der Waals surface area contributed by atoms with E-state index in [2.05, 4.69) is 9.97 Å². The molecule has 0 spiro atoms. The summed E-state index contributed by atoms with van der Waals surface area (Å²) in [5, 5.41) is 0. The molecule has 2 heterocycles. The van der Waals surface area contributed by atoms with Crippen molar-refractivity contribution in [1.82, 2.24) is 9.97 Å². The molecule has 1 atom stereocenters. The summed E-state index contributed by atoms with van der Waals surface area (Å²) in [6.45, 7) is 7.42. The lowest BCUT2D eigenvalue weighted by molar-refractivity contribution is -0.0936. The maximum Gasteiger partial charge on any atom is 0.254 e. The van der Waals surface area contributed by atoms with Crippen LogP contribution in [0.25, 0.3) is 0 Å². The number of hydrogen-bond acceptors (Lipinski definition) is 4. The fraction of sp³-hybridized carbons (Fsp3) is 0.667. The smallest absolute Gasteiger partial charge is 0.254 e. The minimum atomic E-state index is -0.253. The van der Waals surface area contributed by atoms with Gasteiger partial charge >= 0.3 is 0 Å². The zero-order chi connectivity index (χ0) is 12.4. The van der Waals surface area contributed by atoms with E-state index in [-0.39, 0.29) is 17.6 Å². The first kappa shape index (κ1) is 12.3. The van der Waals surface area contributed by atoms with Crippen LogP contribution in [0.5, 0.6) is 0 Å². The number of nitrogens with one attached hydrogen (secondary N) is 1. The fourth-order valence-corrected chi connectivity index (χ4v) is 2.09. The maximum absolute atomic E-state index is 12.0. The second-order valence-corrected chi connectivity index (χ2v) is 4.54. The monoisotopic (exact) mass is 238 g/mol. The van der Waals surface area contributed by atoms with Crippen LogP contribution in [-0.4, -0.2) is 29.8 Å². The van der Waals surface area contributed by atoms with Crippen molar-refractivity contribution in [3.05, 3.63) is 27.4 Å². The van der Waals surface area contributed by atoms with Crippen molar-refractivity contribution in [2.24, 2.45) is 0 Å². The Hall–Kier alpha value is -1.20. The van der Waals surface area contributed by atoms with Gasteiger partial charge in [0.25, 0.3) is 5.56 Å². The third-order valence-electron chi connectivity index (χ3n) is 2.86. The number of aromatic nitrogens is 2. The van der Waals surface area contributed by atoms with Gasteiger partial charge in [-0.2, -0.15) is 0 Å². The van der Waals surface area contributed by atoms with E-state index < -0.39 is 0 Å². The molecule has 94 valence electrons. The molecule has 1 aromatic heterocycles. The van der Waals surface area contributed by atoms with Gasteiger partial charge in [0, 0.05) is 11.3 Å². The van der Waals surface area contributed by atoms with Gasteiger partial charge < -0.3 is 14.5 Å². The average Bonchev–Trinajstić information content (AvgIpc) is 2.28. The third-order valence-corrected chi connectivity index (χ3v) is 2.86. The van der Waals surface area contributed by atoms with Gasteiger partial charge in [0.1, 0.15) is 11.9 Å². The number of nitrogens with zero attached hydrogens (tertiary/aromatic N) is 1. The van der Waals surface area contributed by atoms with E-state index in [4.69, 9.17) is 9.47 Å². The van der Waals surface area contributed by atoms with Crippen molar-refractivity contribution in [3.63, 3.8) is 0 Å². The highest BCUT2D eigenvalue weighted by Crippen LogP contribution is 2.18. The first-order chi connectivity index (χ1) is 8.09. The van der Waals surface area contributed by atoms with Crippen molar-refractivity contribution in [1.29, 1.82) is 0 Å². The molecule has 1 N–H and O–H groups in total. The van der Waals surface area contributed by atoms with E-state index in [1.54, 1.807) is 0 Å². The quantitative estimate of drug-likeness (QED) is 0.843. The summed E-state index contributed by atoms with van der Waals surface area (Å²) in [6, 6.07) is 0. The second kappa shape index (κ2) is 4.98. The van der Waals surface area contributed by atoms with Crippen molar-refractivity contribution in [2.45, 2.75) is 32.8 Å². The third kappa shape index (κ3) is 2.56. The Balaban J connectivity index is 2.34. The Kier molecular flexibility index (Phi) is 3.59. The topological polar surface area (TPSA) is 64.2 Å². The van der Waals surface area contributed by atoms with E-state index in [1.807, 2.05) is 20.8 Å². The predicted octanol–water partition coefficient (Wildman–Crippen LogP) is 1.29. The molecule has 0 radical (unpaired) electrons. The largest absolute Gasteiger partial charge is 0.376 e. The van der Waals surface area contributed by atoms with Crippen molar-refractivity contribution in [3.8, 4) is 0 Å². The lowest BCUT2D eigenvalue weighted by Crippen LogP contribution is -2.28. The zero-order valence-corrected chi connectivity index (χ0v) is 10.4. The molecule has 0 aliphatic carbocycles. The van der Waals surface area contributed by atoms with Crippen LogP contribution < -0.4 is 5.56 Å². The molecule has 1 fully saturated rings. The van der Waals surface area contributed by atoms with Crippen LogP contribution in [0, 0.1) is 6.92 Å². The molecule has 0 aromatic carbocycles. The van der Waals surface area contributed by atoms with E-state index in [1.165, 1.54) is 0 Å². The van der Waals surface area contributed by atoms with Gasteiger partial charge in [-0.15, -0.1) is 0 Å². The Bertz CT molecular complexity index is 448. The molecule has 5 heteroatoms. The van der Waals surface area contributed by atoms with Gasteiger partial charge in [0.2, 0.25) is 0 Å². The first-order valence-corrected chi connectivity index (χ1v) is 5.89. The van der Waals surface area contributed by atoms with Crippen molar-refractivity contribution >= 4 is 0 Å². The minimum absolute atomic E-state index is 0.0725. The Labute approximate surface area is 100 Å². The SMILES string of the molecule is Cc1nc(C2COCCO2)[nH]c(=O)c1C(C)C. The van der Waals surface area contributed by atoms with Gasteiger partial charge in [-0.3, -0.25) is 4.79 Å². The number of hydrogen-bond donors (Lipinski definition) is 1. The van der Waals surface area contributed by atoms with E-state index in [0.29, 0.717) is 25.6 Å². The van der Waals surface area contributed by atoms with Crippen LogP contribution in [0.1, 0.15) is 43.0 Å². The molecular weight excluding hydrogens is 220 g/mol. The number of H-pyrrole nitrogens is 1. The summed E-state index contributed by atoms with van der Waals surface area (Å²) in [7, 11) is 0. The van der Waals surface area contributed by atoms with Gasteiger partial charge in [-0.1, -0.05) is 13.8 Å². The van der Waals surface area contributed by atoms with Crippen LogP contribution in [0.15, 0.2) is 4.79 Å². The normalized spacial score (nSPS) is 20.8. The molecule has 1 aliphatic heterocycles. The Morgan fingerprint density at radius 3 is 2.71 bits per heavy atom. The molecule has 17 heavy (non-hydrogen) atoms. The number of ether oxygens (including phenoxy) is 2.